The summed E-state index contributed by atoms with van der Waals surface area (Å²) in [7, 11) is 0. The van der Waals surface area contributed by atoms with E-state index in [9.17, 15) is 4.39 Å². The van der Waals surface area contributed by atoms with E-state index in [-0.39, 0.29) is 5.82 Å². The van der Waals surface area contributed by atoms with Gasteiger partial charge in [-0.3, -0.25) is 0 Å². The zero-order chi connectivity index (χ0) is 20.9. The van der Waals surface area contributed by atoms with Crippen molar-refractivity contribution in [1.29, 1.82) is 0 Å². The lowest BCUT2D eigenvalue weighted by molar-refractivity contribution is 0.113. The summed E-state index contributed by atoms with van der Waals surface area (Å²) in [5, 5.41) is 0.684. The molecule has 2 fully saturated rings. The molecule has 0 aromatic heterocycles. The average Bonchev–Trinajstić information content (AvgIpc) is 2.77. The van der Waals surface area contributed by atoms with Crippen molar-refractivity contribution in [1.82, 2.24) is 0 Å². The van der Waals surface area contributed by atoms with Crippen LogP contribution in [0.2, 0.25) is 5.02 Å². The molecule has 0 radical (unpaired) electrons. The van der Waals surface area contributed by atoms with Gasteiger partial charge in [-0.15, -0.1) is 0 Å². The summed E-state index contributed by atoms with van der Waals surface area (Å²) in [6.45, 7) is 2.29. The van der Waals surface area contributed by atoms with E-state index in [1.165, 1.54) is 76.2 Å². The van der Waals surface area contributed by atoms with Gasteiger partial charge in [0.25, 0.3) is 0 Å². The minimum absolute atomic E-state index is 0.104. The highest BCUT2D eigenvalue weighted by Gasteiger charge is 2.35. The zero-order valence-corrected chi connectivity index (χ0v) is 19.1. The zero-order valence-electron chi connectivity index (χ0n) is 18.4. The molecule has 2 aliphatic carbocycles. The normalized spacial score (nSPS) is 26.4. The second-order valence-electron chi connectivity index (χ2n) is 9.80. The Labute approximate surface area is 187 Å². The van der Waals surface area contributed by atoms with Crippen molar-refractivity contribution in [3.05, 3.63) is 58.9 Å². The lowest BCUT2D eigenvalue weighted by Crippen LogP contribution is -2.30. The molecule has 0 saturated heterocycles. The Bertz CT molecular complexity index is 812. The summed E-state index contributed by atoms with van der Waals surface area (Å²) in [5.74, 6) is 3.17. The lowest BCUT2D eigenvalue weighted by atomic mass is 9.63. The number of halogens is 2. The largest absolute Gasteiger partial charge is 0.206 e. The third-order valence-corrected chi connectivity index (χ3v) is 8.06. The van der Waals surface area contributed by atoms with E-state index in [1.54, 1.807) is 6.07 Å². The summed E-state index contributed by atoms with van der Waals surface area (Å²) in [6, 6.07) is 13.4. The Hall–Kier alpha value is -1.34. The number of fused-ring (bicyclic) bond motifs is 1. The van der Waals surface area contributed by atoms with Gasteiger partial charge in [0.05, 0.1) is 0 Å². The molecule has 0 bridgehead atoms. The van der Waals surface area contributed by atoms with E-state index in [4.69, 9.17) is 11.6 Å². The first kappa shape index (κ1) is 21.9. The second-order valence-corrected chi connectivity index (χ2v) is 10.2. The highest BCUT2D eigenvalue weighted by atomic mass is 35.5. The molecular formula is C28H36ClF. The minimum atomic E-state index is -0.104. The number of rotatable bonds is 7. The van der Waals surface area contributed by atoms with Crippen LogP contribution >= 0.6 is 11.6 Å². The lowest BCUT2D eigenvalue weighted by Gasteiger charge is -2.42. The third-order valence-electron chi connectivity index (χ3n) is 7.81. The van der Waals surface area contributed by atoms with Crippen LogP contribution in [0.5, 0.6) is 0 Å². The van der Waals surface area contributed by atoms with E-state index in [0.29, 0.717) is 16.5 Å². The van der Waals surface area contributed by atoms with Crippen molar-refractivity contribution in [2.24, 2.45) is 17.8 Å². The first-order valence-electron chi connectivity index (χ1n) is 12.2. The van der Waals surface area contributed by atoms with Crippen molar-refractivity contribution < 1.29 is 4.39 Å². The van der Waals surface area contributed by atoms with Crippen LogP contribution < -0.4 is 0 Å². The highest BCUT2D eigenvalue weighted by Crippen LogP contribution is 2.48. The molecule has 4 atom stereocenters. The highest BCUT2D eigenvalue weighted by molar-refractivity contribution is 6.30. The van der Waals surface area contributed by atoms with Crippen LogP contribution in [0.15, 0.2) is 42.5 Å². The maximum Gasteiger partial charge on any atom is 0.131 e. The molecule has 0 heterocycles. The van der Waals surface area contributed by atoms with Crippen molar-refractivity contribution in [2.45, 2.75) is 83.5 Å². The Morgan fingerprint density at radius 1 is 0.867 bits per heavy atom. The van der Waals surface area contributed by atoms with Crippen LogP contribution in [-0.2, 0) is 0 Å². The minimum Gasteiger partial charge on any atom is -0.206 e. The summed E-state index contributed by atoms with van der Waals surface area (Å²) >= 11 is 5.97. The van der Waals surface area contributed by atoms with Gasteiger partial charge in [-0.25, -0.2) is 4.39 Å². The molecule has 2 heteroatoms. The standard InChI is InChI=1S/C28H36ClF/c1-2-3-4-5-6-20-7-8-23-18-24(10-9-22(23)17-20)25-13-16-27(28(30)19-25)21-11-14-26(29)15-12-21/h11-16,19-20,22-24H,2-10,17-18H2,1H3. The number of unbranched alkanes of at least 4 members (excludes halogenated alkanes) is 3. The molecule has 30 heavy (non-hydrogen) atoms. The van der Waals surface area contributed by atoms with Gasteiger partial charge < -0.3 is 0 Å². The summed E-state index contributed by atoms with van der Waals surface area (Å²) in [6.07, 6.45) is 15.1. The van der Waals surface area contributed by atoms with Crippen LogP contribution in [0, 0.1) is 23.6 Å². The first-order chi connectivity index (χ1) is 14.6. The summed E-state index contributed by atoms with van der Waals surface area (Å²) in [4.78, 5) is 0. The molecule has 0 aliphatic heterocycles. The van der Waals surface area contributed by atoms with Gasteiger partial charge in [0.1, 0.15) is 5.82 Å². The SMILES string of the molecule is CCCCCCC1CCC2CC(c3ccc(-c4ccc(Cl)cc4)c(F)c3)CCC2C1. The van der Waals surface area contributed by atoms with Crippen molar-refractivity contribution in [3.63, 3.8) is 0 Å². The molecule has 0 nitrogen and oxygen atoms in total. The van der Waals surface area contributed by atoms with E-state index < -0.39 is 0 Å². The predicted molar refractivity (Wildman–Crippen MR) is 127 cm³/mol. The van der Waals surface area contributed by atoms with Gasteiger partial charge in [0.2, 0.25) is 0 Å². The second kappa shape index (κ2) is 10.3. The Morgan fingerprint density at radius 3 is 2.40 bits per heavy atom. The third kappa shape index (κ3) is 5.28. The quantitative estimate of drug-likeness (QED) is 0.386. The molecule has 2 aromatic carbocycles. The van der Waals surface area contributed by atoms with Crippen molar-refractivity contribution in [3.8, 4) is 11.1 Å². The van der Waals surface area contributed by atoms with Gasteiger partial charge in [0, 0.05) is 10.6 Å². The molecular weight excluding hydrogens is 391 g/mol. The summed E-state index contributed by atoms with van der Waals surface area (Å²) < 4.78 is 14.9. The number of hydrogen-bond donors (Lipinski definition) is 0. The Balaban J connectivity index is 1.35. The number of hydrogen-bond acceptors (Lipinski definition) is 0. The van der Waals surface area contributed by atoms with E-state index in [1.807, 2.05) is 30.3 Å². The number of benzene rings is 2. The Morgan fingerprint density at radius 2 is 1.63 bits per heavy atom. The van der Waals surface area contributed by atoms with Crippen molar-refractivity contribution >= 4 is 11.6 Å². The van der Waals surface area contributed by atoms with Crippen LogP contribution in [0.3, 0.4) is 0 Å². The maximum absolute atomic E-state index is 14.9. The van der Waals surface area contributed by atoms with E-state index in [0.717, 1.165) is 23.3 Å². The Kier molecular flexibility index (Phi) is 7.52. The molecule has 0 spiro atoms. The van der Waals surface area contributed by atoms with Gasteiger partial charge in [-0.1, -0.05) is 81.3 Å². The summed E-state index contributed by atoms with van der Waals surface area (Å²) in [5.41, 5.74) is 2.77. The molecule has 2 aromatic rings. The van der Waals surface area contributed by atoms with E-state index in [2.05, 4.69) is 13.0 Å². The van der Waals surface area contributed by atoms with Gasteiger partial charge >= 0.3 is 0 Å². The fourth-order valence-corrected chi connectivity index (χ4v) is 6.19. The molecule has 0 N–H and O–H groups in total. The fourth-order valence-electron chi connectivity index (χ4n) is 6.06. The topological polar surface area (TPSA) is 0 Å². The van der Waals surface area contributed by atoms with Crippen LogP contribution in [0.25, 0.3) is 11.1 Å². The van der Waals surface area contributed by atoms with Crippen LogP contribution in [0.1, 0.15) is 89.0 Å². The fraction of sp³-hybridized carbons (Fsp3) is 0.571. The smallest absolute Gasteiger partial charge is 0.131 e. The predicted octanol–water partition coefficient (Wildman–Crippen LogP) is 9.42. The van der Waals surface area contributed by atoms with Crippen LogP contribution in [-0.4, -0.2) is 0 Å². The van der Waals surface area contributed by atoms with Crippen molar-refractivity contribution in [2.75, 3.05) is 0 Å². The monoisotopic (exact) mass is 426 g/mol. The molecule has 4 unspecified atom stereocenters. The average molecular weight is 427 g/mol. The molecule has 4 rings (SSSR count). The van der Waals surface area contributed by atoms with Gasteiger partial charge in [-0.05, 0) is 85.1 Å². The van der Waals surface area contributed by atoms with Crippen LogP contribution in [0.4, 0.5) is 4.39 Å². The van der Waals surface area contributed by atoms with E-state index >= 15 is 0 Å². The first-order valence-corrected chi connectivity index (χ1v) is 12.6. The van der Waals surface area contributed by atoms with Gasteiger partial charge in [-0.2, -0.15) is 0 Å². The van der Waals surface area contributed by atoms with Gasteiger partial charge in [0.15, 0.2) is 0 Å². The molecule has 2 aliphatic rings. The molecule has 162 valence electrons. The maximum atomic E-state index is 14.9. The molecule has 0 amide bonds. The molecule has 2 saturated carbocycles.